The molecule has 4 heteroatoms. The summed E-state index contributed by atoms with van der Waals surface area (Å²) in [6.45, 7) is 0.879. The lowest BCUT2D eigenvalue weighted by atomic mass is 10.5. The van der Waals surface area contributed by atoms with Gasteiger partial charge in [-0.1, -0.05) is 0 Å². The van der Waals surface area contributed by atoms with Gasteiger partial charge < -0.3 is 10.2 Å². The van der Waals surface area contributed by atoms with E-state index in [-0.39, 0.29) is 0 Å². The lowest BCUT2D eigenvalue weighted by Gasteiger charge is -2.14. The first-order chi connectivity index (χ1) is 5.95. The maximum absolute atomic E-state index is 4.30. The van der Waals surface area contributed by atoms with E-state index in [1.807, 2.05) is 0 Å². The van der Waals surface area contributed by atoms with E-state index in [9.17, 15) is 0 Å². The summed E-state index contributed by atoms with van der Waals surface area (Å²) in [6.07, 6.45) is 6.08. The highest BCUT2D eigenvalue weighted by molar-refractivity contribution is 5.66. The van der Waals surface area contributed by atoms with Crippen LogP contribution in [0.2, 0.25) is 0 Å². The van der Waals surface area contributed by atoms with Gasteiger partial charge in [-0.3, -0.25) is 0 Å². The van der Waals surface area contributed by atoms with Crippen LogP contribution in [0.15, 0.2) is 12.4 Å². The summed E-state index contributed by atoms with van der Waals surface area (Å²) < 4.78 is 0. The molecule has 1 N–H and O–H groups in total. The van der Waals surface area contributed by atoms with Gasteiger partial charge in [0.1, 0.15) is 0 Å². The molecule has 0 atom stereocenters. The number of nitrogens with zero attached hydrogens (tertiary/aromatic N) is 3. The summed E-state index contributed by atoms with van der Waals surface area (Å²) in [5.74, 6) is 1.96. The summed E-state index contributed by atoms with van der Waals surface area (Å²) >= 11 is 0. The summed E-state index contributed by atoms with van der Waals surface area (Å²) in [7, 11) is 0. The fourth-order valence-corrected chi connectivity index (χ4v) is 1.59. The van der Waals surface area contributed by atoms with Gasteiger partial charge in [-0.25, -0.2) is 9.97 Å². The van der Waals surface area contributed by atoms with Gasteiger partial charge in [-0.15, -0.1) is 0 Å². The molecule has 0 aromatic carbocycles. The third kappa shape index (κ3) is 0.776. The highest BCUT2D eigenvalue weighted by atomic mass is 15.4. The zero-order valence-electron chi connectivity index (χ0n) is 6.70. The zero-order valence-corrected chi connectivity index (χ0v) is 6.70. The zero-order chi connectivity index (χ0) is 7.97. The molecule has 62 valence electrons. The molecule has 1 aliphatic carbocycles. The van der Waals surface area contributed by atoms with Crippen LogP contribution in [0.3, 0.4) is 0 Å². The molecule has 0 saturated heterocycles. The van der Waals surface area contributed by atoms with Crippen molar-refractivity contribution in [1.29, 1.82) is 0 Å². The minimum atomic E-state index is 0.718. The first-order valence-corrected chi connectivity index (χ1v) is 4.27. The Bertz CT molecular complexity index is 308. The third-order valence-electron chi connectivity index (χ3n) is 2.36. The molecule has 0 spiro atoms. The van der Waals surface area contributed by atoms with Gasteiger partial charge in [0.2, 0.25) is 0 Å². The molecule has 2 aliphatic rings. The maximum atomic E-state index is 4.30. The first kappa shape index (κ1) is 6.22. The average Bonchev–Trinajstić information content (AvgIpc) is 2.86. The van der Waals surface area contributed by atoms with E-state index in [4.69, 9.17) is 0 Å². The van der Waals surface area contributed by atoms with Gasteiger partial charge in [0.05, 0.1) is 6.67 Å². The van der Waals surface area contributed by atoms with E-state index in [0.717, 1.165) is 24.3 Å². The van der Waals surface area contributed by atoms with Gasteiger partial charge in [0, 0.05) is 18.4 Å². The van der Waals surface area contributed by atoms with Crippen molar-refractivity contribution in [3.8, 4) is 0 Å². The Morgan fingerprint density at radius 2 is 2.17 bits per heavy atom. The molecule has 12 heavy (non-hydrogen) atoms. The van der Waals surface area contributed by atoms with Crippen LogP contribution in [0.25, 0.3) is 0 Å². The molecule has 0 unspecified atom stereocenters. The Balaban J connectivity index is 2.01. The molecule has 1 aliphatic heterocycles. The summed E-state index contributed by atoms with van der Waals surface area (Å²) in [5.41, 5.74) is 0. The third-order valence-corrected chi connectivity index (χ3v) is 2.36. The van der Waals surface area contributed by atoms with Crippen LogP contribution >= 0.6 is 0 Å². The van der Waals surface area contributed by atoms with E-state index in [2.05, 4.69) is 20.2 Å². The normalized spacial score (nSPS) is 20.5. The Kier molecular flexibility index (Phi) is 1.08. The van der Waals surface area contributed by atoms with Crippen molar-refractivity contribution in [3.63, 3.8) is 0 Å². The van der Waals surface area contributed by atoms with Gasteiger partial charge in [0.15, 0.2) is 11.6 Å². The van der Waals surface area contributed by atoms with Crippen molar-refractivity contribution in [1.82, 2.24) is 9.97 Å². The molecule has 0 amide bonds. The number of hydrogen-bond donors (Lipinski definition) is 1. The van der Waals surface area contributed by atoms with Crippen molar-refractivity contribution in [2.45, 2.75) is 18.9 Å². The average molecular weight is 162 g/mol. The molecule has 0 bridgehead atoms. The molecule has 3 rings (SSSR count). The van der Waals surface area contributed by atoms with Crippen LogP contribution in [0.1, 0.15) is 12.8 Å². The van der Waals surface area contributed by atoms with E-state index in [0.29, 0.717) is 0 Å². The Morgan fingerprint density at radius 1 is 1.33 bits per heavy atom. The van der Waals surface area contributed by atoms with E-state index in [1.165, 1.54) is 12.8 Å². The summed E-state index contributed by atoms with van der Waals surface area (Å²) in [4.78, 5) is 10.8. The fourth-order valence-electron chi connectivity index (χ4n) is 1.59. The molecule has 1 aromatic heterocycles. The lowest BCUT2D eigenvalue weighted by Crippen LogP contribution is -2.25. The smallest absolute Gasteiger partial charge is 0.173 e. The SMILES string of the molecule is c1cnc2c(n1)NCN2C1CC1. The minimum Gasteiger partial charge on any atom is -0.350 e. The summed E-state index contributed by atoms with van der Waals surface area (Å²) in [5, 5.41) is 3.22. The Labute approximate surface area is 70.6 Å². The van der Waals surface area contributed by atoms with Crippen LogP contribution in [0, 0.1) is 0 Å². The number of nitrogens with one attached hydrogen (secondary N) is 1. The van der Waals surface area contributed by atoms with Crippen molar-refractivity contribution in [2.24, 2.45) is 0 Å². The molecule has 1 fully saturated rings. The minimum absolute atomic E-state index is 0.718. The predicted octanol–water partition coefficient (Wildman–Crippen LogP) is 0.828. The molecular weight excluding hydrogens is 152 g/mol. The molecule has 1 saturated carbocycles. The molecule has 1 aromatic rings. The number of anilines is 2. The molecular formula is C8H10N4. The monoisotopic (exact) mass is 162 g/mol. The van der Waals surface area contributed by atoms with Crippen molar-refractivity contribution in [3.05, 3.63) is 12.4 Å². The molecule has 2 heterocycles. The summed E-state index contributed by atoms with van der Waals surface area (Å²) in [6, 6.07) is 0.718. The second-order valence-corrected chi connectivity index (χ2v) is 3.26. The fraction of sp³-hybridized carbons (Fsp3) is 0.500. The van der Waals surface area contributed by atoms with Gasteiger partial charge >= 0.3 is 0 Å². The van der Waals surface area contributed by atoms with Crippen LogP contribution in [0.4, 0.5) is 11.6 Å². The topological polar surface area (TPSA) is 41.1 Å². The van der Waals surface area contributed by atoms with Crippen LogP contribution in [0.5, 0.6) is 0 Å². The van der Waals surface area contributed by atoms with Crippen molar-refractivity contribution in [2.75, 3.05) is 16.9 Å². The predicted molar refractivity (Wildman–Crippen MR) is 46.0 cm³/mol. The van der Waals surface area contributed by atoms with Gasteiger partial charge in [0.25, 0.3) is 0 Å². The number of fused-ring (bicyclic) bond motifs is 1. The Hall–Kier alpha value is -1.32. The quantitative estimate of drug-likeness (QED) is 0.664. The van der Waals surface area contributed by atoms with Crippen molar-refractivity contribution >= 4 is 11.6 Å². The Morgan fingerprint density at radius 3 is 3.00 bits per heavy atom. The van der Waals surface area contributed by atoms with Gasteiger partial charge in [-0.05, 0) is 12.8 Å². The van der Waals surface area contributed by atoms with E-state index < -0.39 is 0 Å². The second kappa shape index (κ2) is 2.09. The van der Waals surface area contributed by atoms with E-state index in [1.54, 1.807) is 12.4 Å². The van der Waals surface area contributed by atoms with E-state index >= 15 is 0 Å². The number of aromatic nitrogens is 2. The highest BCUT2D eigenvalue weighted by Crippen LogP contribution is 2.36. The number of hydrogen-bond acceptors (Lipinski definition) is 4. The largest absolute Gasteiger partial charge is 0.350 e. The van der Waals surface area contributed by atoms with Crippen LogP contribution < -0.4 is 10.2 Å². The first-order valence-electron chi connectivity index (χ1n) is 4.27. The van der Waals surface area contributed by atoms with Crippen LogP contribution in [-0.2, 0) is 0 Å². The second-order valence-electron chi connectivity index (χ2n) is 3.26. The highest BCUT2D eigenvalue weighted by Gasteiger charge is 2.34. The lowest BCUT2D eigenvalue weighted by molar-refractivity contribution is 0.850. The van der Waals surface area contributed by atoms with Crippen molar-refractivity contribution < 1.29 is 0 Å². The molecule has 0 radical (unpaired) electrons. The standard InChI is InChI=1S/C8H10N4/c1-2-6(1)12-5-11-7-8(12)10-4-3-9-7/h3-4,6H,1-2,5H2,(H,9,11). The number of rotatable bonds is 1. The van der Waals surface area contributed by atoms with Gasteiger partial charge in [-0.2, -0.15) is 0 Å². The maximum Gasteiger partial charge on any atom is 0.173 e. The van der Waals surface area contributed by atoms with Crippen LogP contribution in [-0.4, -0.2) is 22.7 Å². The molecule has 4 nitrogen and oxygen atoms in total.